The van der Waals surface area contributed by atoms with Gasteiger partial charge >= 0.3 is 0 Å². The summed E-state index contributed by atoms with van der Waals surface area (Å²) in [5.41, 5.74) is 6.71. The number of hydrogen-bond acceptors (Lipinski definition) is 3. The molecular formula is C49H29N3. The lowest BCUT2D eigenvalue weighted by Gasteiger charge is -2.17. The predicted molar refractivity (Wildman–Crippen MR) is 218 cm³/mol. The lowest BCUT2D eigenvalue weighted by atomic mass is 9.87. The van der Waals surface area contributed by atoms with Crippen molar-refractivity contribution in [3.63, 3.8) is 0 Å². The third-order valence-corrected chi connectivity index (χ3v) is 10.6. The van der Waals surface area contributed by atoms with Crippen LogP contribution in [0.15, 0.2) is 176 Å². The first-order valence-corrected chi connectivity index (χ1v) is 17.7. The van der Waals surface area contributed by atoms with Crippen LogP contribution >= 0.6 is 0 Å². The van der Waals surface area contributed by atoms with Crippen molar-refractivity contribution in [3.8, 4) is 45.2 Å². The zero-order chi connectivity index (χ0) is 34.2. The fourth-order valence-corrected chi connectivity index (χ4v) is 8.33. The molecule has 0 bridgehead atoms. The fraction of sp³-hybridized carbons (Fsp3) is 0. The molecule has 0 radical (unpaired) electrons. The van der Waals surface area contributed by atoms with Gasteiger partial charge in [0.25, 0.3) is 0 Å². The number of benzene rings is 8. The maximum Gasteiger partial charge on any atom is 0.160 e. The summed E-state index contributed by atoms with van der Waals surface area (Å²) < 4.78 is 0. The van der Waals surface area contributed by atoms with Crippen LogP contribution in [-0.4, -0.2) is 15.0 Å². The van der Waals surface area contributed by atoms with Crippen molar-refractivity contribution in [2.75, 3.05) is 0 Å². The van der Waals surface area contributed by atoms with E-state index in [0.29, 0.717) is 5.82 Å². The number of rotatable bonds is 4. The van der Waals surface area contributed by atoms with Gasteiger partial charge in [-0.1, -0.05) is 140 Å². The van der Waals surface area contributed by atoms with E-state index in [1.54, 1.807) is 0 Å². The zero-order valence-electron chi connectivity index (χ0n) is 28.1. The monoisotopic (exact) mass is 659 g/mol. The van der Waals surface area contributed by atoms with Crippen LogP contribution in [-0.2, 0) is 0 Å². The first kappa shape index (κ1) is 28.8. The van der Waals surface area contributed by atoms with Crippen LogP contribution in [0.1, 0.15) is 0 Å². The first-order chi connectivity index (χ1) is 25.8. The van der Waals surface area contributed by atoms with Crippen LogP contribution in [0.5, 0.6) is 0 Å². The highest BCUT2D eigenvalue weighted by molar-refractivity contribution is 6.37. The summed E-state index contributed by atoms with van der Waals surface area (Å²) in [5.74, 6) is 0.688. The maximum absolute atomic E-state index is 5.30. The Labute approximate surface area is 299 Å². The number of aromatic nitrogens is 3. The van der Waals surface area contributed by atoms with Gasteiger partial charge in [0.2, 0.25) is 0 Å². The topological polar surface area (TPSA) is 38.7 Å². The quantitative estimate of drug-likeness (QED) is 0.177. The molecule has 0 saturated heterocycles. The van der Waals surface area contributed by atoms with Crippen molar-refractivity contribution in [2.24, 2.45) is 0 Å². The Morgan fingerprint density at radius 3 is 1.48 bits per heavy atom. The van der Waals surface area contributed by atoms with E-state index in [9.17, 15) is 0 Å². The Balaban J connectivity index is 1.28. The van der Waals surface area contributed by atoms with Crippen molar-refractivity contribution in [3.05, 3.63) is 176 Å². The van der Waals surface area contributed by atoms with E-state index in [4.69, 9.17) is 15.0 Å². The van der Waals surface area contributed by atoms with E-state index in [0.717, 1.165) is 39.3 Å². The zero-order valence-corrected chi connectivity index (χ0v) is 28.1. The highest BCUT2D eigenvalue weighted by Gasteiger charge is 2.19. The van der Waals surface area contributed by atoms with Crippen molar-refractivity contribution < 1.29 is 0 Å². The van der Waals surface area contributed by atoms with Crippen molar-refractivity contribution in [1.29, 1.82) is 0 Å². The van der Waals surface area contributed by atoms with Gasteiger partial charge in [0.1, 0.15) is 0 Å². The van der Waals surface area contributed by atoms with Crippen LogP contribution in [0.3, 0.4) is 0 Å². The third-order valence-electron chi connectivity index (χ3n) is 10.6. The molecule has 0 aliphatic rings. The Morgan fingerprint density at radius 1 is 0.308 bits per heavy atom. The number of fused-ring (bicyclic) bond motifs is 2. The second-order valence-electron chi connectivity index (χ2n) is 13.6. The minimum absolute atomic E-state index is 0.688. The van der Waals surface area contributed by atoms with Crippen molar-refractivity contribution in [2.45, 2.75) is 0 Å². The molecule has 11 aromatic rings. The van der Waals surface area contributed by atoms with Crippen LogP contribution < -0.4 is 0 Å². The number of pyridine rings is 1. The molecule has 240 valence electrons. The average molecular weight is 660 g/mol. The molecular weight excluding hydrogens is 631 g/mol. The highest BCUT2D eigenvalue weighted by atomic mass is 14.9. The molecule has 52 heavy (non-hydrogen) atoms. The van der Waals surface area contributed by atoms with E-state index < -0.39 is 0 Å². The van der Waals surface area contributed by atoms with Gasteiger partial charge in [-0.2, -0.15) is 0 Å². The summed E-state index contributed by atoms with van der Waals surface area (Å²) in [6, 6.07) is 60.8. The van der Waals surface area contributed by atoms with Gasteiger partial charge in [-0.25, -0.2) is 9.97 Å². The Bertz CT molecular complexity index is 3160. The SMILES string of the molecule is c1ccc(-c2nc(-c3cc4ccc5cccc6c7cccc8ccc9cccc(c(c3)c4c56)c9c87)cc(-c3ccccc3-c3ccccn3)n2)cc1. The summed E-state index contributed by atoms with van der Waals surface area (Å²) >= 11 is 0. The molecule has 0 amide bonds. The molecule has 0 spiro atoms. The predicted octanol–water partition coefficient (Wildman–Crippen LogP) is 12.9. The van der Waals surface area contributed by atoms with E-state index >= 15 is 0 Å². The van der Waals surface area contributed by atoms with E-state index in [2.05, 4.69) is 140 Å². The van der Waals surface area contributed by atoms with Gasteiger partial charge in [0.05, 0.1) is 17.1 Å². The van der Waals surface area contributed by atoms with Crippen molar-refractivity contribution in [1.82, 2.24) is 15.0 Å². The molecule has 0 unspecified atom stereocenters. The molecule has 3 heteroatoms. The standard InChI is InChI=1S/C49H29N3/c1-2-11-33(12-3-1)49-51-43(29-44(52-49)37-17-5-4-16-36(37)42-21-6-7-26-50-42)35-27-34-25-24-32-14-9-19-39-38-18-8-13-30-22-23-31-15-10-20-40(47(31)45(30)38)41(28-35)48(34)46(32)39/h1-29H. The van der Waals surface area contributed by atoms with Crippen LogP contribution in [0, 0.1) is 0 Å². The third kappa shape index (κ3) is 4.36. The molecule has 2 aromatic heterocycles. The molecule has 0 aliphatic heterocycles. The number of nitrogens with zero attached hydrogens (tertiary/aromatic N) is 3. The van der Waals surface area contributed by atoms with Gasteiger partial charge < -0.3 is 0 Å². The van der Waals surface area contributed by atoms with Gasteiger partial charge in [0, 0.05) is 28.5 Å². The van der Waals surface area contributed by atoms with E-state index in [1.165, 1.54) is 64.6 Å². The molecule has 11 rings (SSSR count). The van der Waals surface area contributed by atoms with Crippen LogP contribution in [0.4, 0.5) is 0 Å². The van der Waals surface area contributed by atoms with Crippen LogP contribution in [0.25, 0.3) is 110 Å². The minimum atomic E-state index is 0.688. The molecule has 0 saturated carbocycles. The van der Waals surface area contributed by atoms with Gasteiger partial charge in [-0.05, 0) is 95.0 Å². The molecule has 0 fully saturated rings. The second-order valence-corrected chi connectivity index (χ2v) is 13.6. The molecule has 0 aliphatic carbocycles. The Kier molecular flexibility index (Phi) is 6.25. The van der Waals surface area contributed by atoms with Gasteiger partial charge in [-0.15, -0.1) is 0 Å². The average Bonchev–Trinajstić information content (AvgIpc) is 3.22. The second kappa shape index (κ2) is 11.3. The maximum atomic E-state index is 5.30. The summed E-state index contributed by atoms with van der Waals surface area (Å²) in [7, 11) is 0. The van der Waals surface area contributed by atoms with Gasteiger partial charge in [-0.3, -0.25) is 4.98 Å². The molecule has 2 heterocycles. The summed E-state index contributed by atoms with van der Waals surface area (Å²) in [6.07, 6.45) is 1.84. The highest BCUT2D eigenvalue weighted by Crippen LogP contribution is 2.44. The molecule has 9 aromatic carbocycles. The van der Waals surface area contributed by atoms with E-state index in [1.807, 2.05) is 36.5 Å². The molecule has 0 atom stereocenters. The minimum Gasteiger partial charge on any atom is -0.256 e. The molecule has 0 N–H and O–H groups in total. The lowest BCUT2D eigenvalue weighted by molar-refractivity contribution is 1.18. The Morgan fingerprint density at radius 2 is 0.846 bits per heavy atom. The lowest BCUT2D eigenvalue weighted by Crippen LogP contribution is -1.97. The van der Waals surface area contributed by atoms with Gasteiger partial charge in [0.15, 0.2) is 5.82 Å². The van der Waals surface area contributed by atoms with Crippen molar-refractivity contribution >= 4 is 64.6 Å². The Hall–Kier alpha value is -6.97. The number of hydrogen-bond donors (Lipinski definition) is 0. The summed E-state index contributed by atoms with van der Waals surface area (Å²) in [4.78, 5) is 15.2. The van der Waals surface area contributed by atoms with Crippen LogP contribution in [0.2, 0.25) is 0 Å². The molecule has 3 nitrogen and oxygen atoms in total. The summed E-state index contributed by atoms with van der Waals surface area (Å²) in [5, 5.41) is 15.1. The van der Waals surface area contributed by atoms with E-state index in [-0.39, 0.29) is 0 Å². The normalized spacial score (nSPS) is 11.8. The largest absolute Gasteiger partial charge is 0.256 e. The smallest absolute Gasteiger partial charge is 0.160 e. The first-order valence-electron chi connectivity index (χ1n) is 17.7. The summed E-state index contributed by atoms with van der Waals surface area (Å²) in [6.45, 7) is 0. The fourth-order valence-electron chi connectivity index (χ4n) is 8.33.